The zero-order chi connectivity index (χ0) is 62.0. The third kappa shape index (κ3) is 33.1. The molecule has 88 heavy (non-hydrogen) atoms. The molecule has 5 rings (SSSR count). The maximum atomic E-state index is 13.9. The molecule has 0 bridgehead atoms. The summed E-state index contributed by atoms with van der Waals surface area (Å²) in [6.07, 6.45) is 25.8. The molecule has 4 aromatic rings. The Kier molecular flexibility index (Phi) is 40.6. The van der Waals surface area contributed by atoms with Crippen LogP contribution in [0.4, 0.5) is 0 Å². The van der Waals surface area contributed by atoms with Gasteiger partial charge in [-0.3, -0.25) is 4.79 Å². The highest BCUT2D eigenvalue weighted by Gasteiger charge is 2.49. The van der Waals surface area contributed by atoms with Gasteiger partial charge in [0.2, 0.25) is 5.91 Å². The first-order valence-corrected chi connectivity index (χ1v) is 32.3. The van der Waals surface area contributed by atoms with Crippen molar-refractivity contribution in [2.24, 2.45) is 5.11 Å². The number of aryl methyl sites for hydroxylation is 1. The highest BCUT2D eigenvalue weighted by molar-refractivity contribution is 5.76. The number of nitrogens with zero attached hydrogens (tertiary/aromatic N) is 3. The first-order chi connectivity index (χ1) is 43.4. The summed E-state index contributed by atoms with van der Waals surface area (Å²) in [5.74, 6) is -0.261. The zero-order valence-electron chi connectivity index (χ0n) is 52.3. The van der Waals surface area contributed by atoms with Gasteiger partial charge in [-0.25, -0.2) is 0 Å². The van der Waals surface area contributed by atoms with Crippen LogP contribution in [0, 0.1) is 0 Å². The van der Waals surface area contributed by atoms with E-state index >= 15 is 0 Å². The molecular weight excluding hydrogens is 1110 g/mol. The lowest BCUT2D eigenvalue weighted by Crippen LogP contribution is -2.62. The molecule has 0 unspecified atom stereocenters. The summed E-state index contributed by atoms with van der Waals surface area (Å²) in [4.78, 5) is 16.6. The van der Waals surface area contributed by atoms with Gasteiger partial charge in [-0.05, 0) is 85.6 Å². The summed E-state index contributed by atoms with van der Waals surface area (Å²) in [5, 5.41) is 30.2. The second kappa shape index (κ2) is 49.0. The van der Waals surface area contributed by atoms with Crippen LogP contribution >= 0.6 is 0 Å². The molecule has 4 aromatic carbocycles. The number of carbonyl (C=O) groups excluding carboxylic acids is 1. The van der Waals surface area contributed by atoms with Crippen LogP contribution in [0.1, 0.15) is 132 Å². The Balaban J connectivity index is 1.29. The third-order valence-corrected chi connectivity index (χ3v) is 14.9. The smallest absolute Gasteiger partial charge is 0.220 e. The Labute approximate surface area is 525 Å². The average Bonchev–Trinajstić information content (AvgIpc) is 1.38. The van der Waals surface area contributed by atoms with Gasteiger partial charge in [-0.1, -0.05) is 227 Å². The van der Waals surface area contributed by atoms with Gasteiger partial charge in [0.05, 0.1) is 91.4 Å². The summed E-state index contributed by atoms with van der Waals surface area (Å²) in [7, 11) is 0. The molecule has 1 heterocycles. The maximum Gasteiger partial charge on any atom is 0.220 e. The SMILES string of the molecule is CCCCC/C=C/C=C/C/C=C/C/C=C/CCCC(=O)N[C@@H](CO[C@H]1O[C@H](COCCOCCOCCOCCN=[N+]=[N-])[C@H](OCc2ccccc2)[C@H](OCc2ccccc2)[C@H]1OCc1ccccc1)[C@H](O)[C@H](O)CCCCCCCCc1ccccc1. The van der Waals surface area contributed by atoms with Gasteiger partial charge in [0.1, 0.15) is 30.5 Å². The van der Waals surface area contributed by atoms with Crippen LogP contribution in [-0.4, -0.2) is 131 Å². The molecule has 1 aliphatic heterocycles. The van der Waals surface area contributed by atoms with Gasteiger partial charge < -0.3 is 58.2 Å². The highest BCUT2D eigenvalue weighted by atomic mass is 16.7. The number of ether oxygens (including phenoxy) is 9. The number of hydrogen-bond acceptors (Lipinski definition) is 13. The Hall–Kier alpha value is -5.82. The van der Waals surface area contributed by atoms with Gasteiger partial charge in [-0.2, -0.15) is 0 Å². The highest BCUT2D eigenvalue weighted by Crippen LogP contribution is 2.32. The Bertz CT molecular complexity index is 2500. The molecular formula is C72H102N4O12. The van der Waals surface area contributed by atoms with Crippen LogP contribution in [-0.2, 0) is 73.7 Å². The van der Waals surface area contributed by atoms with E-state index in [1.165, 1.54) is 24.8 Å². The lowest BCUT2D eigenvalue weighted by Gasteiger charge is -2.46. The number of aliphatic hydroxyl groups excluding tert-OH is 2. The number of benzene rings is 4. The van der Waals surface area contributed by atoms with Crippen LogP contribution in [0.15, 0.2) is 175 Å². The Morgan fingerprint density at radius 3 is 1.69 bits per heavy atom. The van der Waals surface area contributed by atoms with E-state index in [0.29, 0.717) is 52.3 Å². The monoisotopic (exact) mass is 1210 g/mol. The van der Waals surface area contributed by atoms with Crippen LogP contribution < -0.4 is 5.32 Å². The molecule has 482 valence electrons. The topological polar surface area (TPSA) is 201 Å². The molecule has 8 atom stereocenters. The minimum absolute atomic E-state index is 0.0662. The lowest BCUT2D eigenvalue weighted by molar-refractivity contribution is -0.329. The number of allylic oxidation sites excluding steroid dienone is 8. The second-order valence-electron chi connectivity index (χ2n) is 22.1. The van der Waals surface area contributed by atoms with Crippen LogP contribution in [0.2, 0.25) is 0 Å². The fraction of sp³-hybridized carbons (Fsp3) is 0.542. The van der Waals surface area contributed by atoms with Crippen molar-refractivity contribution >= 4 is 5.91 Å². The number of carbonyl (C=O) groups is 1. The number of unbranched alkanes of at least 4 members (excludes halogenated alkanes) is 9. The van der Waals surface area contributed by atoms with Gasteiger partial charge in [0.25, 0.3) is 0 Å². The summed E-state index contributed by atoms with van der Waals surface area (Å²) < 4.78 is 57.5. The van der Waals surface area contributed by atoms with Crippen molar-refractivity contribution in [3.8, 4) is 0 Å². The van der Waals surface area contributed by atoms with Gasteiger partial charge in [0, 0.05) is 17.9 Å². The first-order valence-electron chi connectivity index (χ1n) is 32.3. The van der Waals surface area contributed by atoms with E-state index < -0.39 is 49.0 Å². The molecule has 0 aromatic heterocycles. The van der Waals surface area contributed by atoms with Gasteiger partial charge >= 0.3 is 0 Å². The Morgan fingerprint density at radius 1 is 0.568 bits per heavy atom. The average molecular weight is 1220 g/mol. The summed E-state index contributed by atoms with van der Waals surface area (Å²) in [5.41, 5.74) is 12.6. The Morgan fingerprint density at radius 2 is 1.08 bits per heavy atom. The normalized spacial score (nSPS) is 18.1. The van der Waals surface area contributed by atoms with Crippen molar-refractivity contribution in [2.75, 3.05) is 66.0 Å². The molecule has 0 radical (unpaired) electrons. The summed E-state index contributed by atoms with van der Waals surface area (Å²) in [6.45, 7) is 5.29. The number of amides is 1. The number of hydrogen-bond donors (Lipinski definition) is 3. The second-order valence-corrected chi connectivity index (χ2v) is 22.1. The van der Waals surface area contributed by atoms with Crippen LogP contribution in [0.5, 0.6) is 0 Å². The largest absolute Gasteiger partial charge is 0.390 e. The van der Waals surface area contributed by atoms with Crippen molar-refractivity contribution in [2.45, 2.75) is 185 Å². The third-order valence-electron chi connectivity index (χ3n) is 14.9. The molecule has 0 aliphatic carbocycles. The molecule has 1 amide bonds. The van der Waals surface area contributed by atoms with Gasteiger partial charge in [0.15, 0.2) is 6.29 Å². The van der Waals surface area contributed by atoms with E-state index in [1.54, 1.807) is 0 Å². The quantitative estimate of drug-likeness (QED) is 0.00944. The number of aliphatic hydroxyl groups is 2. The maximum absolute atomic E-state index is 13.9. The predicted octanol–water partition coefficient (Wildman–Crippen LogP) is 13.8. The van der Waals surface area contributed by atoms with Crippen molar-refractivity contribution in [1.82, 2.24) is 5.32 Å². The molecule has 0 spiro atoms. The summed E-state index contributed by atoms with van der Waals surface area (Å²) in [6, 6.07) is 39.1. The fourth-order valence-electron chi connectivity index (χ4n) is 9.99. The van der Waals surface area contributed by atoms with E-state index in [1.807, 2.05) is 97.1 Å². The van der Waals surface area contributed by atoms with E-state index in [-0.39, 0.29) is 65.1 Å². The molecule has 3 N–H and O–H groups in total. The van der Waals surface area contributed by atoms with Crippen LogP contribution in [0.25, 0.3) is 10.4 Å². The van der Waals surface area contributed by atoms with E-state index in [0.717, 1.165) is 80.9 Å². The first kappa shape index (κ1) is 72.9. The fourth-order valence-corrected chi connectivity index (χ4v) is 9.99. The molecule has 16 heteroatoms. The zero-order valence-corrected chi connectivity index (χ0v) is 52.3. The molecule has 0 saturated carbocycles. The van der Waals surface area contributed by atoms with Crippen molar-refractivity contribution in [1.29, 1.82) is 0 Å². The molecule has 1 aliphatic rings. The number of azide groups is 1. The number of nitrogens with one attached hydrogen (secondary N) is 1. The van der Waals surface area contributed by atoms with Crippen molar-refractivity contribution < 1.29 is 57.6 Å². The minimum atomic E-state index is -1.36. The van der Waals surface area contributed by atoms with Crippen LogP contribution in [0.3, 0.4) is 0 Å². The van der Waals surface area contributed by atoms with E-state index in [2.05, 4.69) is 95.1 Å². The molecule has 16 nitrogen and oxygen atoms in total. The molecule has 1 saturated heterocycles. The number of rotatable bonds is 51. The minimum Gasteiger partial charge on any atom is -0.390 e. The molecule has 1 fully saturated rings. The predicted molar refractivity (Wildman–Crippen MR) is 347 cm³/mol. The van der Waals surface area contributed by atoms with E-state index in [9.17, 15) is 15.0 Å². The lowest BCUT2D eigenvalue weighted by atomic mass is 9.97. The summed E-state index contributed by atoms with van der Waals surface area (Å²) >= 11 is 0. The van der Waals surface area contributed by atoms with E-state index in [4.69, 9.17) is 48.2 Å². The van der Waals surface area contributed by atoms with Gasteiger partial charge in [-0.15, -0.1) is 0 Å². The van der Waals surface area contributed by atoms with Crippen molar-refractivity contribution in [3.05, 3.63) is 203 Å². The standard InChI is InChI=1S/C72H102N4O12/c1-2-3-4-5-6-7-8-9-10-11-12-13-14-15-20-35-46-67(78)75-64(68(79)65(77)45-34-19-17-16-18-25-36-60-37-26-21-27-38-60)58-87-72-71(86-57-63-43-32-24-33-44-63)70(85-56-62-41-30-23-31-42-62)69(84-55-61-39-28-22-29-40-61)66(88-72)59-83-54-53-82-52-51-81-50-49-80-48-47-74-76-73/h6-9,11-12,14-15,21-24,26-33,37-44,64-66,68-72,77,79H,2-5,10,13,16-20,25,34-36,45-59H2,1H3,(H,75,78)/b7-6+,9-8+,12-11+,15-14+/t64-,65+,66+,68-,69-,70-,71+,72-/m0/s1. The van der Waals surface area contributed by atoms with Crippen molar-refractivity contribution in [3.63, 3.8) is 0 Å².